The fourth-order valence-corrected chi connectivity index (χ4v) is 3.34. The van der Waals surface area contributed by atoms with E-state index in [4.69, 9.17) is 4.74 Å². The number of hydrogen-bond acceptors (Lipinski definition) is 3. The van der Waals surface area contributed by atoms with Crippen LogP contribution in [0.1, 0.15) is 42.9 Å². The Morgan fingerprint density at radius 2 is 1.68 bits per heavy atom. The van der Waals surface area contributed by atoms with Crippen LogP contribution in [0.2, 0.25) is 0 Å². The van der Waals surface area contributed by atoms with Gasteiger partial charge in [0.25, 0.3) is 0 Å². The first kappa shape index (κ1) is 21.9. The molecule has 0 bridgehead atoms. The van der Waals surface area contributed by atoms with E-state index in [0.29, 0.717) is 6.42 Å². The number of carboxylic acid groups (broad SMARTS) is 1. The highest BCUT2D eigenvalue weighted by atomic mass is 79.9. The molecule has 0 aliphatic carbocycles. The van der Waals surface area contributed by atoms with Crippen LogP contribution in [0.25, 0.3) is 0 Å². The molecule has 2 rings (SSSR count). The van der Waals surface area contributed by atoms with E-state index in [1.807, 2.05) is 31.2 Å². The summed E-state index contributed by atoms with van der Waals surface area (Å²) in [6.45, 7) is 2.05. The fourth-order valence-electron chi connectivity index (χ4n) is 3.08. The molecule has 2 atom stereocenters. The zero-order chi connectivity index (χ0) is 20.7. The van der Waals surface area contributed by atoms with Gasteiger partial charge in [0.2, 0.25) is 0 Å². The maximum Gasteiger partial charge on any atom is 0.407 e. The molecule has 0 unspecified atom stereocenters. The van der Waals surface area contributed by atoms with Gasteiger partial charge in [-0.1, -0.05) is 40.2 Å². The minimum absolute atomic E-state index is 0.0995. The molecule has 1 N–H and O–H groups in total. The molecule has 2 aromatic carbocycles. The van der Waals surface area contributed by atoms with Crippen LogP contribution >= 0.6 is 15.9 Å². The first-order valence-electron chi connectivity index (χ1n) is 8.89. The van der Waals surface area contributed by atoms with E-state index in [2.05, 4.69) is 15.9 Å². The van der Waals surface area contributed by atoms with Crippen LogP contribution in [0.5, 0.6) is 0 Å². The van der Waals surface area contributed by atoms with Crippen molar-refractivity contribution < 1.29 is 23.8 Å². The molecule has 0 heterocycles. The highest BCUT2D eigenvalue weighted by Crippen LogP contribution is 2.28. The average molecular weight is 452 g/mol. The summed E-state index contributed by atoms with van der Waals surface area (Å²) in [6.07, 6.45) is -0.526. The maximum absolute atomic E-state index is 13.2. The summed E-state index contributed by atoms with van der Waals surface area (Å²) >= 11 is 3.37. The third kappa shape index (κ3) is 6.05. The van der Waals surface area contributed by atoms with E-state index in [1.165, 1.54) is 24.1 Å². The van der Waals surface area contributed by atoms with E-state index in [1.54, 1.807) is 12.1 Å². The molecule has 0 saturated carbocycles. The lowest BCUT2D eigenvalue weighted by molar-refractivity contribution is -0.141. The number of ether oxygens (including phenoxy) is 1. The third-order valence-corrected chi connectivity index (χ3v) is 5.29. The summed E-state index contributed by atoms with van der Waals surface area (Å²) in [7, 11) is 1.31. The van der Waals surface area contributed by atoms with E-state index in [0.717, 1.165) is 15.6 Å². The molecular formula is C21H23BrFNO4. The van der Waals surface area contributed by atoms with Gasteiger partial charge in [0.1, 0.15) is 5.82 Å². The molecule has 0 aliphatic heterocycles. The molecule has 0 saturated heterocycles. The van der Waals surface area contributed by atoms with Crippen LogP contribution in [0.4, 0.5) is 9.18 Å². The van der Waals surface area contributed by atoms with Crippen molar-refractivity contribution in [2.45, 2.75) is 31.7 Å². The van der Waals surface area contributed by atoms with Gasteiger partial charge in [0.05, 0.1) is 19.6 Å². The first-order chi connectivity index (χ1) is 13.3. The summed E-state index contributed by atoms with van der Waals surface area (Å²) in [5.74, 6) is -1.03. The fraction of sp³-hybridized carbons (Fsp3) is 0.333. The Morgan fingerprint density at radius 1 is 1.11 bits per heavy atom. The van der Waals surface area contributed by atoms with Crippen LogP contribution in [0.3, 0.4) is 0 Å². The Kier molecular flexibility index (Phi) is 7.99. The van der Waals surface area contributed by atoms with Crippen LogP contribution in [0, 0.1) is 5.82 Å². The SMILES string of the molecule is COC(=O)C[C@@H](CCN(C(=O)O)[C@@H](C)c1ccc(Br)cc1)c1ccc(F)cc1. The zero-order valence-electron chi connectivity index (χ0n) is 15.8. The second-order valence-corrected chi connectivity index (χ2v) is 7.44. The van der Waals surface area contributed by atoms with Gasteiger partial charge in [-0.3, -0.25) is 4.79 Å². The predicted octanol–water partition coefficient (Wildman–Crippen LogP) is 5.37. The van der Waals surface area contributed by atoms with Gasteiger partial charge in [-0.05, 0) is 54.7 Å². The molecule has 0 radical (unpaired) electrons. The van der Waals surface area contributed by atoms with Crippen LogP contribution in [0.15, 0.2) is 53.0 Å². The van der Waals surface area contributed by atoms with Gasteiger partial charge >= 0.3 is 12.1 Å². The summed E-state index contributed by atoms with van der Waals surface area (Å²) in [4.78, 5) is 25.0. The monoisotopic (exact) mass is 451 g/mol. The van der Waals surface area contributed by atoms with Crippen LogP contribution in [-0.2, 0) is 9.53 Å². The summed E-state index contributed by atoms with van der Waals surface area (Å²) in [6, 6.07) is 13.0. The van der Waals surface area contributed by atoms with Gasteiger partial charge in [-0.25, -0.2) is 9.18 Å². The van der Waals surface area contributed by atoms with Crippen molar-refractivity contribution in [1.82, 2.24) is 4.90 Å². The predicted molar refractivity (Wildman–Crippen MR) is 108 cm³/mol. The van der Waals surface area contributed by atoms with Gasteiger partial charge in [0.15, 0.2) is 0 Å². The molecule has 150 valence electrons. The molecule has 1 amide bonds. The summed E-state index contributed by atoms with van der Waals surface area (Å²) in [5.41, 5.74) is 1.64. The lowest BCUT2D eigenvalue weighted by Gasteiger charge is -2.28. The highest BCUT2D eigenvalue weighted by molar-refractivity contribution is 9.10. The van der Waals surface area contributed by atoms with Crippen molar-refractivity contribution in [3.8, 4) is 0 Å². The number of rotatable bonds is 8. The second-order valence-electron chi connectivity index (χ2n) is 6.52. The zero-order valence-corrected chi connectivity index (χ0v) is 17.4. The molecule has 0 aromatic heterocycles. The topological polar surface area (TPSA) is 66.8 Å². The van der Waals surface area contributed by atoms with E-state index in [9.17, 15) is 19.1 Å². The van der Waals surface area contributed by atoms with Crippen LogP contribution < -0.4 is 0 Å². The van der Waals surface area contributed by atoms with Crippen LogP contribution in [-0.4, -0.2) is 35.7 Å². The second kappa shape index (κ2) is 10.2. The number of esters is 1. The van der Waals surface area contributed by atoms with E-state index in [-0.39, 0.29) is 30.7 Å². The molecular weight excluding hydrogens is 429 g/mol. The molecule has 2 aromatic rings. The van der Waals surface area contributed by atoms with Gasteiger partial charge in [-0.2, -0.15) is 0 Å². The minimum atomic E-state index is -1.04. The molecule has 7 heteroatoms. The Labute approximate surface area is 172 Å². The Balaban J connectivity index is 2.16. The maximum atomic E-state index is 13.2. The number of carbonyl (C=O) groups excluding carboxylic acids is 1. The van der Waals surface area contributed by atoms with Gasteiger partial charge < -0.3 is 14.7 Å². The summed E-state index contributed by atoms with van der Waals surface area (Å²) < 4.78 is 18.9. The number of methoxy groups -OCH3 is 1. The molecule has 5 nitrogen and oxygen atoms in total. The Morgan fingerprint density at radius 3 is 2.21 bits per heavy atom. The highest BCUT2D eigenvalue weighted by Gasteiger charge is 2.24. The standard InChI is InChI=1S/C21H23BrFNO4/c1-14(15-3-7-18(22)8-4-15)24(21(26)27)12-11-17(13-20(25)28-2)16-5-9-19(23)10-6-16/h3-10,14,17H,11-13H2,1-2H3,(H,26,27)/t14-,17+/m0/s1. The summed E-state index contributed by atoms with van der Waals surface area (Å²) in [5, 5.41) is 9.68. The molecule has 0 spiro atoms. The number of halogens is 2. The third-order valence-electron chi connectivity index (χ3n) is 4.77. The Bertz CT molecular complexity index is 795. The lowest BCUT2D eigenvalue weighted by Crippen LogP contribution is -2.34. The average Bonchev–Trinajstić information content (AvgIpc) is 2.67. The number of nitrogens with zero attached hydrogens (tertiary/aromatic N) is 1. The number of benzene rings is 2. The number of hydrogen-bond donors (Lipinski definition) is 1. The quantitative estimate of drug-likeness (QED) is 0.548. The Hall–Kier alpha value is -2.41. The first-order valence-corrected chi connectivity index (χ1v) is 9.68. The van der Waals surface area contributed by atoms with Crippen molar-refractivity contribution in [2.75, 3.05) is 13.7 Å². The van der Waals surface area contributed by atoms with E-state index < -0.39 is 12.1 Å². The largest absolute Gasteiger partial charge is 0.469 e. The van der Waals surface area contributed by atoms with Crippen molar-refractivity contribution in [1.29, 1.82) is 0 Å². The van der Waals surface area contributed by atoms with Crippen molar-refractivity contribution in [2.24, 2.45) is 0 Å². The smallest absolute Gasteiger partial charge is 0.407 e. The van der Waals surface area contributed by atoms with Crippen molar-refractivity contribution >= 4 is 28.0 Å². The minimum Gasteiger partial charge on any atom is -0.469 e. The molecule has 0 fully saturated rings. The normalized spacial score (nSPS) is 12.9. The van der Waals surface area contributed by atoms with Gasteiger partial charge in [-0.15, -0.1) is 0 Å². The van der Waals surface area contributed by atoms with Crippen molar-refractivity contribution in [3.63, 3.8) is 0 Å². The number of amides is 1. The number of carbonyl (C=O) groups is 2. The molecule has 28 heavy (non-hydrogen) atoms. The van der Waals surface area contributed by atoms with Crippen molar-refractivity contribution in [3.05, 3.63) is 69.9 Å². The molecule has 0 aliphatic rings. The van der Waals surface area contributed by atoms with Gasteiger partial charge in [0, 0.05) is 11.0 Å². The lowest BCUT2D eigenvalue weighted by atomic mass is 9.92. The van der Waals surface area contributed by atoms with E-state index >= 15 is 0 Å².